The van der Waals surface area contributed by atoms with E-state index >= 15 is 0 Å². The highest BCUT2D eigenvalue weighted by Gasteiger charge is 2.08. The SMILES string of the molecule is N/C=C(/C(N)=O)C(N)=Nc1ccccc1. The van der Waals surface area contributed by atoms with E-state index in [4.69, 9.17) is 17.2 Å². The quantitative estimate of drug-likeness (QED) is 0.366. The fourth-order valence-electron chi connectivity index (χ4n) is 0.996. The maximum atomic E-state index is 10.9. The summed E-state index contributed by atoms with van der Waals surface area (Å²) >= 11 is 0. The van der Waals surface area contributed by atoms with E-state index in [0.29, 0.717) is 5.69 Å². The number of nitrogens with two attached hydrogens (primary N) is 3. The van der Waals surface area contributed by atoms with Crippen LogP contribution in [-0.4, -0.2) is 11.7 Å². The molecule has 1 amide bonds. The van der Waals surface area contributed by atoms with Crippen molar-refractivity contribution in [3.05, 3.63) is 42.1 Å². The van der Waals surface area contributed by atoms with E-state index in [0.717, 1.165) is 6.20 Å². The third-order valence-corrected chi connectivity index (χ3v) is 1.71. The van der Waals surface area contributed by atoms with E-state index in [9.17, 15) is 4.79 Å². The lowest BCUT2D eigenvalue weighted by molar-refractivity contribution is -0.114. The van der Waals surface area contributed by atoms with Crippen LogP contribution >= 0.6 is 0 Å². The molecule has 0 bridgehead atoms. The smallest absolute Gasteiger partial charge is 0.253 e. The van der Waals surface area contributed by atoms with Gasteiger partial charge >= 0.3 is 0 Å². The van der Waals surface area contributed by atoms with Gasteiger partial charge in [0.15, 0.2) is 0 Å². The van der Waals surface area contributed by atoms with Crippen LogP contribution in [0.3, 0.4) is 0 Å². The second kappa shape index (κ2) is 4.80. The molecule has 0 radical (unpaired) electrons. The average Bonchev–Trinajstić information content (AvgIpc) is 2.19. The van der Waals surface area contributed by atoms with Gasteiger partial charge in [0, 0.05) is 6.20 Å². The van der Waals surface area contributed by atoms with Crippen LogP contribution in [0, 0.1) is 0 Å². The maximum absolute atomic E-state index is 10.9. The minimum atomic E-state index is -0.699. The number of rotatable bonds is 3. The van der Waals surface area contributed by atoms with Crippen molar-refractivity contribution in [2.45, 2.75) is 0 Å². The van der Waals surface area contributed by atoms with E-state index in [1.165, 1.54) is 0 Å². The second-order valence-corrected chi connectivity index (χ2v) is 2.78. The van der Waals surface area contributed by atoms with Gasteiger partial charge in [0.2, 0.25) is 0 Å². The number of carbonyl (C=O) groups excluding carboxylic acids is 1. The zero-order valence-corrected chi connectivity index (χ0v) is 8.05. The van der Waals surface area contributed by atoms with E-state index < -0.39 is 5.91 Å². The minimum Gasteiger partial charge on any atom is -0.404 e. The van der Waals surface area contributed by atoms with Crippen LogP contribution in [0.15, 0.2) is 47.1 Å². The summed E-state index contributed by atoms with van der Waals surface area (Å²) in [5.74, 6) is -0.689. The van der Waals surface area contributed by atoms with Gasteiger partial charge in [0.05, 0.1) is 11.3 Å². The van der Waals surface area contributed by atoms with Gasteiger partial charge in [-0.1, -0.05) is 18.2 Å². The number of benzene rings is 1. The molecule has 5 nitrogen and oxygen atoms in total. The van der Waals surface area contributed by atoms with Gasteiger partial charge in [-0.3, -0.25) is 4.79 Å². The van der Waals surface area contributed by atoms with Crippen molar-refractivity contribution < 1.29 is 4.79 Å². The van der Waals surface area contributed by atoms with Crippen LogP contribution in [-0.2, 0) is 4.79 Å². The lowest BCUT2D eigenvalue weighted by Crippen LogP contribution is -2.27. The highest BCUT2D eigenvalue weighted by Crippen LogP contribution is 2.10. The summed E-state index contributed by atoms with van der Waals surface area (Å²) in [7, 11) is 0. The van der Waals surface area contributed by atoms with Crippen molar-refractivity contribution in [2.75, 3.05) is 0 Å². The monoisotopic (exact) mass is 204 g/mol. The molecule has 0 aromatic heterocycles. The molecule has 0 aliphatic heterocycles. The molecule has 1 aromatic carbocycles. The van der Waals surface area contributed by atoms with Gasteiger partial charge in [-0.05, 0) is 12.1 Å². The van der Waals surface area contributed by atoms with Crippen molar-refractivity contribution in [1.82, 2.24) is 0 Å². The zero-order chi connectivity index (χ0) is 11.3. The van der Waals surface area contributed by atoms with Gasteiger partial charge in [-0.25, -0.2) is 4.99 Å². The van der Waals surface area contributed by atoms with Crippen molar-refractivity contribution >= 4 is 17.4 Å². The van der Waals surface area contributed by atoms with Crippen LogP contribution in [0.1, 0.15) is 0 Å². The zero-order valence-electron chi connectivity index (χ0n) is 8.05. The van der Waals surface area contributed by atoms with Crippen LogP contribution in [0.25, 0.3) is 0 Å². The fraction of sp³-hybridized carbons (Fsp3) is 0. The molecular weight excluding hydrogens is 192 g/mol. The Morgan fingerprint density at radius 3 is 2.27 bits per heavy atom. The number of nitrogens with zero attached hydrogens (tertiary/aromatic N) is 1. The first-order valence-electron chi connectivity index (χ1n) is 4.26. The standard InChI is InChI=1S/C10H12N4O/c11-6-8(10(13)15)9(12)14-7-4-2-1-3-5-7/h1-6H,11H2,(H2,12,14)(H2,13,15)/b8-6+. The number of carbonyl (C=O) groups is 1. The number of hydrogen-bond acceptors (Lipinski definition) is 3. The predicted molar refractivity (Wildman–Crippen MR) is 59.2 cm³/mol. The van der Waals surface area contributed by atoms with E-state index in [2.05, 4.69) is 4.99 Å². The second-order valence-electron chi connectivity index (χ2n) is 2.78. The topological polar surface area (TPSA) is 107 Å². The molecule has 6 N–H and O–H groups in total. The first-order valence-corrected chi connectivity index (χ1v) is 4.26. The summed E-state index contributed by atoms with van der Waals surface area (Å²) < 4.78 is 0. The van der Waals surface area contributed by atoms with Crippen molar-refractivity contribution in [1.29, 1.82) is 0 Å². The molecule has 78 valence electrons. The fourth-order valence-corrected chi connectivity index (χ4v) is 0.996. The van der Waals surface area contributed by atoms with Crippen molar-refractivity contribution in [2.24, 2.45) is 22.2 Å². The molecule has 0 aliphatic carbocycles. The predicted octanol–water partition coefficient (Wildman–Crippen LogP) is 0.00320. The minimum absolute atomic E-state index is 0.0104. The largest absolute Gasteiger partial charge is 0.404 e. The number of amidine groups is 1. The van der Waals surface area contributed by atoms with E-state index in [-0.39, 0.29) is 11.4 Å². The first kappa shape index (κ1) is 10.8. The average molecular weight is 204 g/mol. The molecule has 15 heavy (non-hydrogen) atoms. The lowest BCUT2D eigenvalue weighted by atomic mass is 10.2. The maximum Gasteiger partial charge on any atom is 0.253 e. The number of hydrogen-bond donors (Lipinski definition) is 3. The van der Waals surface area contributed by atoms with E-state index in [1.54, 1.807) is 12.1 Å². The van der Waals surface area contributed by atoms with Gasteiger partial charge in [0.1, 0.15) is 5.84 Å². The first-order chi connectivity index (χ1) is 7.15. The normalized spacial score (nSPS) is 12.5. The molecule has 1 rings (SSSR count). The summed E-state index contributed by atoms with van der Waals surface area (Å²) in [4.78, 5) is 14.9. The van der Waals surface area contributed by atoms with Crippen LogP contribution in [0.2, 0.25) is 0 Å². The Bertz CT molecular complexity index is 409. The molecule has 0 heterocycles. The molecule has 0 atom stereocenters. The van der Waals surface area contributed by atoms with E-state index in [1.807, 2.05) is 18.2 Å². The number of aliphatic imine (C=N–C) groups is 1. The van der Waals surface area contributed by atoms with Crippen LogP contribution in [0.4, 0.5) is 5.69 Å². The van der Waals surface area contributed by atoms with Crippen molar-refractivity contribution in [3.8, 4) is 0 Å². The Kier molecular flexibility index (Phi) is 3.45. The Balaban J connectivity index is 2.99. The van der Waals surface area contributed by atoms with Gasteiger partial charge < -0.3 is 17.2 Å². The highest BCUT2D eigenvalue weighted by molar-refractivity contribution is 6.20. The number of primary amides is 1. The Labute approximate surface area is 87.3 Å². The molecule has 0 spiro atoms. The molecule has 1 aromatic rings. The summed E-state index contributed by atoms with van der Waals surface area (Å²) in [6.45, 7) is 0. The molecule has 5 heteroatoms. The Morgan fingerprint density at radius 1 is 1.20 bits per heavy atom. The third-order valence-electron chi connectivity index (χ3n) is 1.71. The lowest BCUT2D eigenvalue weighted by Gasteiger charge is -2.01. The molecule has 0 saturated carbocycles. The van der Waals surface area contributed by atoms with Crippen LogP contribution in [0.5, 0.6) is 0 Å². The molecular formula is C10H12N4O. The summed E-state index contributed by atoms with van der Waals surface area (Å²) in [5.41, 5.74) is 16.5. The van der Waals surface area contributed by atoms with Gasteiger partial charge in [-0.2, -0.15) is 0 Å². The van der Waals surface area contributed by atoms with Gasteiger partial charge in [-0.15, -0.1) is 0 Å². The molecule has 0 aliphatic rings. The summed E-state index contributed by atoms with van der Waals surface area (Å²) in [5, 5.41) is 0. The summed E-state index contributed by atoms with van der Waals surface area (Å²) in [6, 6.07) is 8.97. The van der Waals surface area contributed by atoms with Gasteiger partial charge in [0.25, 0.3) is 5.91 Å². The third kappa shape index (κ3) is 2.84. The van der Waals surface area contributed by atoms with Crippen molar-refractivity contribution in [3.63, 3.8) is 0 Å². The number of para-hydroxylation sites is 1. The summed E-state index contributed by atoms with van der Waals surface area (Å²) in [6.07, 6.45) is 1.05. The molecule has 0 saturated heterocycles. The molecule has 0 unspecified atom stereocenters. The highest BCUT2D eigenvalue weighted by atomic mass is 16.1. The number of amides is 1. The molecule has 0 fully saturated rings. The Morgan fingerprint density at radius 2 is 1.80 bits per heavy atom. The Hall–Kier alpha value is -2.30. The van der Waals surface area contributed by atoms with Crippen LogP contribution < -0.4 is 17.2 Å².